The molecule has 0 aromatic carbocycles. The first kappa shape index (κ1) is 37.8. The molecule has 1 N–H and O–H groups in total. The van der Waals surface area contributed by atoms with E-state index in [2.05, 4.69) is 38.2 Å². The maximum Gasteiger partial charge on any atom is 0.303 e. The fraction of sp³-hybridized carbons (Fsp3) is 0.824. The number of allylic oxidation sites excluding steroid dienone is 4. The molecule has 0 fully saturated rings. The van der Waals surface area contributed by atoms with E-state index in [4.69, 9.17) is 5.11 Å². The zero-order chi connectivity index (χ0) is 27.5. The van der Waals surface area contributed by atoms with Crippen LogP contribution in [0.25, 0.3) is 0 Å². The second kappa shape index (κ2) is 36.8. The van der Waals surface area contributed by atoms with Crippen molar-refractivity contribution in [3.63, 3.8) is 0 Å². The van der Waals surface area contributed by atoms with Gasteiger partial charge in [0.25, 0.3) is 0 Å². The molecule has 218 valence electrons. The van der Waals surface area contributed by atoms with E-state index in [1.807, 2.05) is 0 Å². The predicted molar refractivity (Wildman–Crippen MR) is 163 cm³/mol. The number of aliphatic carboxylic acids is 1. The van der Waals surface area contributed by atoms with Crippen molar-refractivity contribution in [3.8, 4) is 0 Å². The minimum Gasteiger partial charge on any atom is -0.481 e. The molecule has 0 saturated carbocycles. The molecule has 0 aliphatic carbocycles. The number of carbonyl (C=O) groups excluding carboxylic acids is 1. The van der Waals surface area contributed by atoms with Gasteiger partial charge in [-0.1, -0.05) is 128 Å². The van der Waals surface area contributed by atoms with Gasteiger partial charge in [-0.15, -0.1) is 0 Å². The molecule has 0 aromatic rings. The first-order valence-corrected chi connectivity index (χ1v) is 16.1. The van der Waals surface area contributed by atoms with Crippen LogP contribution in [0.3, 0.4) is 0 Å². The van der Waals surface area contributed by atoms with Crippen LogP contribution < -0.4 is 0 Å². The highest BCUT2D eigenvalue weighted by Gasteiger charge is 1.96. The summed E-state index contributed by atoms with van der Waals surface area (Å²) in [6.45, 7) is 4.51. The first-order valence-electron chi connectivity index (χ1n) is 16.1. The van der Waals surface area contributed by atoms with Crippen molar-refractivity contribution in [2.45, 2.75) is 181 Å². The van der Waals surface area contributed by atoms with E-state index in [1.165, 1.54) is 135 Å². The average molecular weight is 521 g/mol. The zero-order valence-corrected chi connectivity index (χ0v) is 25.0. The van der Waals surface area contributed by atoms with Gasteiger partial charge in [-0.2, -0.15) is 0 Å². The van der Waals surface area contributed by atoms with E-state index < -0.39 is 5.97 Å². The second-order valence-electron chi connectivity index (χ2n) is 10.6. The third kappa shape index (κ3) is 42.0. The van der Waals surface area contributed by atoms with Gasteiger partial charge in [0.15, 0.2) is 0 Å². The van der Waals surface area contributed by atoms with Gasteiger partial charge in [0.2, 0.25) is 0 Å². The molecule has 0 unspecified atom stereocenters. The second-order valence-corrected chi connectivity index (χ2v) is 10.6. The summed E-state index contributed by atoms with van der Waals surface area (Å²) in [5, 5.41) is 8.51. The monoisotopic (exact) mass is 520 g/mol. The molecule has 0 aliphatic heterocycles. The number of carboxylic acid groups (broad SMARTS) is 1. The molecule has 3 nitrogen and oxygen atoms in total. The third-order valence-corrected chi connectivity index (χ3v) is 6.74. The first-order chi connectivity index (χ1) is 18.2. The molecular formula is C34H64O3. The lowest BCUT2D eigenvalue weighted by Gasteiger charge is -2.00. The number of carbonyl (C=O) groups is 2. The minimum atomic E-state index is -0.661. The third-order valence-electron chi connectivity index (χ3n) is 6.74. The van der Waals surface area contributed by atoms with Crippen molar-refractivity contribution < 1.29 is 14.7 Å². The molecule has 0 atom stereocenters. The summed E-state index contributed by atoms with van der Waals surface area (Å²) in [6.07, 6.45) is 41.9. The highest BCUT2D eigenvalue weighted by atomic mass is 16.4. The Bertz CT molecular complexity index is 495. The number of carboxylic acids is 1. The molecule has 0 bridgehead atoms. The van der Waals surface area contributed by atoms with E-state index >= 15 is 0 Å². The molecule has 0 amide bonds. The Morgan fingerprint density at radius 1 is 0.459 bits per heavy atom. The summed E-state index contributed by atoms with van der Waals surface area (Å²) in [6, 6.07) is 0. The SMILES string of the molecule is CCCCCC/C=C\CCCCCCCC=O.CCCCCC/C=C\CCCCCCCCCC(=O)O. The standard InChI is InChI=1S/C18H34O2.C16H30O/c1-2-3-4-5-6-7-8-9-10-11-12-13-14-15-16-17-18(19)20;1-2-3-4-5-6-7-8-9-10-11-12-13-14-15-16-17/h7-8H,2-6,9-17H2,1H3,(H,19,20);7-8,16H,2-6,9-15H2,1H3/b2*8-7-. The predicted octanol–water partition coefficient (Wildman–Crippen LogP) is 11.6. The van der Waals surface area contributed by atoms with Crippen molar-refractivity contribution in [1.29, 1.82) is 0 Å². The van der Waals surface area contributed by atoms with Crippen molar-refractivity contribution in [1.82, 2.24) is 0 Å². The molecule has 0 spiro atoms. The summed E-state index contributed by atoms with van der Waals surface area (Å²) in [5.41, 5.74) is 0. The molecule has 0 saturated heterocycles. The Hall–Kier alpha value is -1.38. The van der Waals surface area contributed by atoms with Crippen LogP contribution in [0.2, 0.25) is 0 Å². The minimum absolute atomic E-state index is 0.336. The average Bonchev–Trinajstić information content (AvgIpc) is 2.89. The maximum atomic E-state index is 10.3. The fourth-order valence-electron chi connectivity index (χ4n) is 4.29. The maximum absolute atomic E-state index is 10.3. The van der Waals surface area contributed by atoms with Crippen LogP contribution >= 0.6 is 0 Å². The number of aldehydes is 1. The highest BCUT2D eigenvalue weighted by Crippen LogP contribution is 2.11. The molecule has 0 heterocycles. The summed E-state index contributed by atoms with van der Waals surface area (Å²) in [7, 11) is 0. The van der Waals surface area contributed by atoms with Crippen LogP contribution in [0, 0.1) is 0 Å². The van der Waals surface area contributed by atoms with E-state index in [9.17, 15) is 9.59 Å². The van der Waals surface area contributed by atoms with Crippen molar-refractivity contribution in [2.75, 3.05) is 0 Å². The quantitative estimate of drug-likeness (QED) is 0.0634. The summed E-state index contributed by atoms with van der Waals surface area (Å²) >= 11 is 0. The molecule has 3 heteroatoms. The van der Waals surface area contributed by atoms with Gasteiger partial charge in [-0.3, -0.25) is 4.79 Å². The van der Waals surface area contributed by atoms with Crippen LogP contribution in [0.5, 0.6) is 0 Å². The summed E-state index contributed by atoms with van der Waals surface area (Å²) in [4.78, 5) is 20.4. The van der Waals surface area contributed by atoms with Gasteiger partial charge in [-0.25, -0.2) is 0 Å². The van der Waals surface area contributed by atoms with Crippen molar-refractivity contribution >= 4 is 12.3 Å². The van der Waals surface area contributed by atoms with E-state index in [0.717, 1.165) is 32.0 Å². The van der Waals surface area contributed by atoms with Gasteiger partial charge in [0, 0.05) is 12.8 Å². The summed E-state index contributed by atoms with van der Waals surface area (Å²) < 4.78 is 0. The van der Waals surface area contributed by atoms with Gasteiger partial charge >= 0.3 is 5.97 Å². The molecule has 37 heavy (non-hydrogen) atoms. The molecule has 0 radical (unpaired) electrons. The van der Waals surface area contributed by atoms with Crippen LogP contribution in [0.4, 0.5) is 0 Å². The lowest BCUT2D eigenvalue weighted by molar-refractivity contribution is -0.137. The van der Waals surface area contributed by atoms with Crippen LogP contribution in [0.1, 0.15) is 181 Å². The van der Waals surface area contributed by atoms with Crippen LogP contribution in [-0.4, -0.2) is 17.4 Å². The van der Waals surface area contributed by atoms with Gasteiger partial charge in [0.05, 0.1) is 0 Å². The van der Waals surface area contributed by atoms with Gasteiger partial charge < -0.3 is 9.90 Å². The van der Waals surface area contributed by atoms with Crippen molar-refractivity contribution in [2.24, 2.45) is 0 Å². The smallest absolute Gasteiger partial charge is 0.303 e. The van der Waals surface area contributed by atoms with Gasteiger partial charge in [-0.05, 0) is 64.2 Å². The molecule has 0 aliphatic rings. The Morgan fingerprint density at radius 2 is 0.757 bits per heavy atom. The lowest BCUT2D eigenvalue weighted by atomic mass is 10.1. The number of hydrogen-bond acceptors (Lipinski definition) is 2. The largest absolute Gasteiger partial charge is 0.481 e. The number of rotatable bonds is 28. The fourth-order valence-corrected chi connectivity index (χ4v) is 4.29. The zero-order valence-electron chi connectivity index (χ0n) is 25.0. The number of unbranched alkanes of at least 4 members (excludes halogenated alkanes) is 21. The summed E-state index contributed by atoms with van der Waals surface area (Å²) in [5.74, 6) is -0.661. The molecular weight excluding hydrogens is 456 g/mol. The Kier molecular flexibility index (Phi) is 37.5. The van der Waals surface area contributed by atoms with Crippen LogP contribution in [-0.2, 0) is 9.59 Å². The number of hydrogen-bond donors (Lipinski definition) is 1. The Balaban J connectivity index is 0. The van der Waals surface area contributed by atoms with Gasteiger partial charge in [0.1, 0.15) is 6.29 Å². The Labute approximate surface area is 232 Å². The highest BCUT2D eigenvalue weighted by molar-refractivity contribution is 5.66. The van der Waals surface area contributed by atoms with E-state index in [-0.39, 0.29) is 0 Å². The lowest BCUT2D eigenvalue weighted by Crippen LogP contribution is -1.93. The topological polar surface area (TPSA) is 54.4 Å². The van der Waals surface area contributed by atoms with E-state index in [1.54, 1.807) is 0 Å². The van der Waals surface area contributed by atoms with Crippen molar-refractivity contribution in [3.05, 3.63) is 24.3 Å². The normalized spacial score (nSPS) is 11.2. The van der Waals surface area contributed by atoms with Crippen LogP contribution in [0.15, 0.2) is 24.3 Å². The molecule has 0 rings (SSSR count). The molecule has 0 aromatic heterocycles. The van der Waals surface area contributed by atoms with E-state index in [0.29, 0.717) is 6.42 Å². The Morgan fingerprint density at radius 3 is 1.08 bits per heavy atom.